The molecule has 1 heterocycles. The zero-order valence-electron chi connectivity index (χ0n) is 16.8. The minimum Gasteiger partial charge on any atom is -0.350 e. The molecule has 2 nitrogen and oxygen atoms in total. The van der Waals surface area contributed by atoms with Gasteiger partial charge in [-0.15, -0.1) is 0 Å². The number of fused-ring (bicyclic) bond motifs is 1. The first-order valence-corrected chi connectivity index (χ1v) is 13.7. The topological polar surface area (TPSA) is 18.5 Å². The van der Waals surface area contributed by atoms with Gasteiger partial charge in [-0.2, -0.15) is 0 Å². The average molecular weight is 351 g/mol. The number of hydrogen-bond acceptors (Lipinski definition) is 2. The second-order valence-corrected chi connectivity index (χ2v) is 16.1. The van der Waals surface area contributed by atoms with E-state index in [1.54, 1.807) is 5.57 Å². The van der Waals surface area contributed by atoms with E-state index in [4.69, 9.17) is 9.47 Å². The third-order valence-corrected chi connectivity index (χ3v) is 8.46. The van der Waals surface area contributed by atoms with Gasteiger partial charge in [-0.05, 0) is 48.0 Å². The highest BCUT2D eigenvalue weighted by molar-refractivity contribution is 6.76. The van der Waals surface area contributed by atoms with Crippen molar-refractivity contribution in [2.24, 2.45) is 22.7 Å². The molecule has 3 aliphatic rings. The predicted molar refractivity (Wildman–Crippen MR) is 104 cm³/mol. The lowest BCUT2D eigenvalue weighted by Crippen LogP contribution is -2.50. The fraction of sp³-hybridized carbons (Fsp3) is 0.905. The fourth-order valence-electron chi connectivity index (χ4n) is 5.97. The lowest BCUT2D eigenvalue weighted by atomic mass is 9.48. The Hall–Kier alpha value is -0.123. The summed E-state index contributed by atoms with van der Waals surface area (Å²) >= 11 is 0. The first-order valence-electron chi connectivity index (χ1n) is 10.0. The molecule has 0 aromatic heterocycles. The molecular weight excluding hydrogens is 312 g/mol. The highest BCUT2D eigenvalue weighted by atomic mass is 28.3. The van der Waals surface area contributed by atoms with Crippen LogP contribution in [0.1, 0.15) is 52.9 Å². The molecule has 0 unspecified atom stereocenters. The van der Waals surface area contributed by atoms with Crippen LogP contribution in [0.5, 0.6) is 0 Å². The Labute approximate surface area is 150 Å². The summed E-state index contributed by atoms with van der Waals surface area (Å²) in [5.74, 6) is 1.45. The maximum atomic E-state index is 5.87. The summed E-state index contributed by atoms with van der Waals surface area (Å²) in [5.41, 5.74) is 2.62. The molecule has 1 saturated carbocycles. The van der Waals surface area contributed by atoms with E-state index in [2.05, 4.69) is 46.5 Å². The number of hydrogen-bond donors (Lipinski definition) is 0. The Morgan fingerprint density at radius 2 is 1.75 bits per heavy atom. The quantitative estimate of drug-likeness (QED) is 0.466. The minimum atomic E-state index is -1.12. The molecule has 138 valence electrons. The van der Waals surface area contributed by atoms with Crippen LogP contribution in [0.15, 0.2) is 11.6 Å². The van der Waals surface area contributed by atoms with Crippen LogP contribution in [0.3, 0.4) is 0 Å². The Kier molecular flexibility index (Phi) is 5.10. The van der Waals surface area contributed by atoms with E-state index in [0.29, 0.717) is 16.7 Å². The van der Waals surface area contributed by atoms with Gasteiger partial charge in [0.1, 0.15) is 0 Å². The molecule has 2 fully saturated rings. The lowest BCUT2D eigenvalue weighted by molar-refractivity contribution is -0.0950. The van der Waals surface area contributed by atoms with Gasteiger partial charge in [-0.25, -0.2) is 0 Å². The van der Waals surface area contributed by atoms with Crippen molar-refractivity contribution in [2.45, 2.75) is 84.9 Å². The van der Waals surface area contributed by atoms with Crippen molar-refractivity contribution in [3.05, 3.63) is 11.6 Å². The summed E-state index contributed by atoms with van der Waals surface area (Å²) in [7, 11) is -1.12. The molecule has 1 aliphatic heterocycles. The van der Waals surface area contributed by atoms with Crippen LogP contribution >= 0.6 is 0 Å². The zero-order valence-corrected chi connectivity index (χ0v) is 17.8. The highest BCUT2D eigenvalue weighted by Crippen LogP contribution is 2.61. The zero-order chi connectivity index (χ0) is 17.6. The summed E-state index contributed by atoms with van der Waals surface area (Å²) in [5, 5.41) is 0. The molecule has 3 heteroatoms. The molecule has 2 aliphatic carbocycles. The summed E-state index contributed by atoms with van der Waals surface area (Å²) in [6.07, 6.45) is 9.15. The molecule has 3 atom stereocenters. The molecule has 24 heavy (non-hydrogen) atoms. The van der Waals surface area contributed by atoms with E-state index in [9.17, 15) is 0 Å². The molecule has 0 aromatic carbocycles. The van der Waals surface area contributed by atoms with E-state index in [1.165, 1.54) is 31.7 Å². The van der Waals surface area contributed by atoms with Gasteiger partial charge in [-0.3, -0.25) is 0 Å². The van der Waals surface area contributed by atoms with Crippen LogP contribution < -0.4 is 0 Å². The van der Waals surface area contributed by atoms with Crippen molar-refractivity contribution in [2.75, 3.05) is 13.2 Å². The summed E-state index contributed by atoms with van der Waals surface area (Å²) < 4.78 is 11.7. The van der Waals surface area contributed by atoms with Crippen LogP contribution in [0.2, 0.25) is 25.7 Å². The maximum absolute atomic E-state index is 5.87. The summed E-state index contributed by atoms with van der Waals surface area (Å²) in [4.78, 5) is 0. The fourth-order valence-corrected chi connectivity index (χ4v) is 7.59. The van der Waals surface area contributed by atoms with Crippen LogP contribution in [0, 0.1) is 22.7 Å². The molecule has 1 saturated heterocycles. The van der Waals surface area contributed by atoms with Crippen molar-refractivity contribution in [1.29, 1.82) is 0 Å². The molecule has 0 bridgehead atoms. The second-order valence-electron chi connectivity index (χ2n) is 10.6. The first-order chi connectivity index (χ1) is 11.1. The SMILES string of the molecule is CC1(C)CCC[C@]2(C)[C@@H](CC3OCCO3)C(C[Si](C)(C)C)=CC[C@@H]12. The van der Waals surface area contributed by atoms with E-state index >= 15 is 0 Å². The molecular formula is C21H38O2Si. The first kappa shape index (κ1) is 18.7. The van der Waals surface area contributed by atoms with Gasteiger partial charge in [0.05, 0.1) is 13.2 Å². The van der Waals surface area contributed by atoms with E-state index in [1.807, 2.05) is 0 Å². The van der Waals surface area contributed by atoms with Crippen LogP contribution in [0.25, 0.3) is 0 Å². The van der Waals surface area contributed by atoms with Crippen molar-refractivity contribution < 1.29 is 9.47 Å². The largest absolute Gasteiger partial charge is 0.350 e. The average Bonchev–Trinajstić information content (AvgIpc) is 2.93. The number of allylic oxidation sites excluding steroid dienone is 2. The number of rotatable bonds is 4. The van der Waals surface area contributed by atoms with Crippen molar-refractivity contribution >= 4 is 8.07 Å². The molecule has 0 spiro atoms. The standard InChI is InChI=1S/C21H38O2Si/c1-20(2)10-7-11-21(3)17(14-19-22-12-13-23-19)16(8-9-18(20)21)15-24(4,5)6/h8,17-19H,7,9-15H2,1-6H3/t17-,18-,21+/m0/s1. The Balaban J connectivity index is 1.91. The highest BCUT2D eigenvalue weighted by Gasteiger charge is 2.53. The number of ether oxygens (including phenoxy) is 2. The Morgan fingerprint density at radius 1 is 1.08 bits per heavy atom. The van der Waals surface area contributed by atoms with Crippen LogP contribution in [-0.2, 0) is 9.47 Å². The van der Waals surface area contributed by atoms with E-state index in [-0.39, 0.29) is 6.29 Å². The van der Waals surface area contributed by atoms with Crippen molar-refractivity contribution in [3.8, 4) is 0 Å². The van der Waals surface area contributed by atoms with Gasteiger partial charge in [0.25, 0.3) is 0 Å². The van der Waals surface area contributed by atoms with Gasteiger partial charge in [0, 0.05) is 14.5 Å². The smallest absolute Gasteiger partial charge is 0.158 e. The molecule has 0 aromatic rings. The van der Waals surface area contributed by atoms with Crippen LogP contribution in [-0.4, -0.2) is 27.6 Å². The Morgan fingerprint density at radius 3 is 2.38 bits per heavy atom. The maximum Gasteiger partial charge on any atom is 0.158 e. The molecule has 0 radical (unpaired) electrons. The molecule has 0 amide bonds. The Bertz CT molecular complexity index is 485. The van der Waals surface area contributed by atoms with Gasteiger partial charge in [0.15, 0.2) is 6.29 Å². The third kappa shape index (κ3) is 3.68. The second kappa shape index (κ2) is 6.55. The summed E-state index contributed by atoms with van der Waals surface area (Å²) in [6.45, 7) is 16.7. The normalized spacial score (nSPS) is 37.2. The lowest BCUT2D eigenvalue weighted by Gasteiger charge is -2.57. The van der Waals surface area contributed by atoms with Crippen LogP contribution in [0.4, 0.5) is 0 Å². The van der Waals surface area contributed by atoms with Crippen molar-refractivity contribution in [3.63, 3.8) is 0 Å². The van der Waals surface area contributed by atoms with Gasteiger partial charge in [0.2, 0.25) is 0 Å². The van der Waals surface area contributed by atoms with Gasteiger partial charge < -0.3 is 9.47 Å². The van der Waals surface area contributed by atoms with E-state index in [0.717, 1.165) is 25.6 Å². The monoisotopic (exact) mass is 350 g/mol. The molecule has 0 N–H and O–H groups in total. The van der Waals surface area contributed by atoms with Crippen molar-refractivity contribution in [1.82, 2.24) is 0 Å². The third-order valence-electron chi connectivity index (χ3n) is 6.99. The van der Waals surface area contributed by atoms with Gasteiger partial charge >= 0.3 is 0 Å². The van der Waals surface area contributed by atoms with Gasteiger partial charge in [-0.1, -0.05) is 58.5 Å². The predicted octanol–water partition coefficient (Wildman–Crippen LogP) is 5.87. The minimum absolute atomic E-state index is 0.0284. The van der Waals surface area contributed by atoms with E-state index < -0.39 is 8.07 Å². The summed E-state index contributed by atoms with van der Waals surface area (Å²) in [6, 6.07) is 1.34. The molecule has 3 rings (SSSR count).